The summed E-state index contributed by atoms with van der Waals surface area (Å²) in [6, 6.07) is 17.1. The van der Waals surface area contributed by atoms with Gasteiger partial charge in [0.05, 0.1) is 0 Å². The minimum atomic E-state index is 0.0257. The van der Waals surface area contributed by atoms with E-state index in [9.17, 15) is 4.79 Å². The average molecular weight is 269 g/mol. The van der Waals surface area contributed by atoms with Gasteiger partial charge in [-0.1, -0.05) is 42.5 Å². The van der Waals surface area contributed by atoms with Crippen LogP contribution in [-0.2, 0) is 11.2 Å². The van der Waals surface area contributed by atoms with Crippen LogP contribution < -0.4 is 0 Å². The molecular formula is C15H11NO2S. The number of carbonyl (C=O) groups is 1. The van der Waals surface area contributed by atoms with Gasteiger partial charge in [-0.2, -0.15) is 0 Å². The summed E-state index contributed by atoms with van der Waals surface area (Å²) in [5.41, 5.74) is 2.48. The summed E-state index contributed by atoms with van der Waals surface area (Å²) in [7, 11) is 0. The first kappa shape index (κ1) is 12.0. The molecule has 0 spiro atoms. The predicted octanol–water partition coefficient (Wildman–Crippen LogP) is 3.69. The van der Waals surface area contributed by atoms with Gasteiger partial charge >= 0.3 is 0 Å². The number of hydrogen-bond acceptors (Lipinski definition) is 4. The maximum absolute atomic E-state index is 11.9. The van der Waals surface area contributed by atoms with E-state index in [1.165, 1.54) is 0 Å². The molecule has 0 saturated carbocycles. The summed E-state index contributed by atoms with van der Waals surface area (Å²) in [5.74, 6) is 0. The van der Waals surface area contributed by atoms with Crippen molar-refractivity contribution >= 4 is 28.0 Å². The largest absolute Gasteiger partial charge is 0.431 e. The molecule has 0 bridgehead atoms. The average Bonchev–Trinajstić information content (AvgIpc) is 2.81. The van der Waals surface area contributed by atoms with Crippen molar-refractivity contribution in [3.8, 4) is 0 Å². The minimum Gasteiger partial charge on any atom is -0.431 e. The molecule has 0 unspecified atom stereocenters. The molecule has 0 atom stereocenters. The summed E-state index contributed by atoms with van der Waals surface area (Å²) < 4.78 is 5.51. The third-order valence-corrected chi connectivity index (χ3v) is 3.39. The van der Waals surface area contributed by atoms with Gasteiger partial charge < -0.3 is 4.42 Å². The monoisotopic (exact) mass is 269 g/mol. The summed E-state index contributed by atoms with van der Waals surface area (Å²) in [4.78, 5) is 16.2. The molecule has 0 aliphatic rings. The van der Waals surface area contributed by atoms with E-state index in [2.05, 4.69) is 4.98 Å². The molecular weight excluding hydrogens is 258 g/mol. The van der Waals surface area contributed by atoms with Gasteiger partial charge in [-0.15, -0.1) is 0 Å². The highest BCUT2D eigenvalue weighted by atomic mass is 32.2. The second kappa shape index (κ2) is 5.28. The second-order valence-electron chi connectivity index (χ2n) is 4.08. The number of para-hydroxylation sites is 2. The Morgan fingerprint density at radius 1 is 1.05 bits per heavy atom. The maximum atomic E-state index is 11.9. The molecule has 4 heteroatoms. The van der Waals surface area contributed by atoms with E-state index >= 15 is 0 Å². The van der Waals surface area contributed by atoms with Crippen LogP contribution in [0.4, 0.5) is 0 Å². The van der Waals surface area contributed by atoms with E-state index in [0.29, 0.717) is 17.2 Å². The first-order valence-electron chi connectivity index (χ1n) is 5.91. The number of fused-ring (bicyclic) bond motifs is 1. The van der Waals surface area contributed by atoms with Crippen LogP contribution in [0.5, 0.6) is 0 Å². The second-order valence-corrected chi connectivity index (χ2v) is 5.09. The molecule has 0 aliphatic carbocycles. The van der Waals surface area contributed by atoms with Crippen LogP contribution in [0.25, 0.3) is 11.1 Å². The van der Waals surface area contributed by atoms with Crippen LogP contribution in [0.1, 0.15) is 5.56 Å². The van der Waals surface area contributed by atoms with E-state index in [1.54, 1.807) is 0 Å². The van der Waals surface area contributed by atoms with Crippen LogP contribution >= 0.6 is 11.8 Å². The Hall–Kier alpha value is -2.07. The molecule has 0 radical (unpaired) electrons. The number of oxazole rings is 1. The summed E-state index contributed by atoms with van der Waals surface area (Å²) >= 11 is 1.05. The zero-order valence-electron chi connectivity index (χ0n) is 10.1. The topological polar surface area (TPSA) is 43.1 Å². The number of hydrogen-bond donors (Lipinski definition) is 0. The van der Waals surface area contributed by atoms with Crippen molar-refractivity contribution < 1.29 is 9.21 Å². The van der Waals surface area contributed by atoms with Crippen LogP contribution in [-0.4, -0.2) is 10.1 Å². The molecule has 19 heavy (non-hydrogen) atoms. The summed E-state index contributed by atoms with van der Waals surface area (Å²) in [6.07, 6.45) is 0.379. The molecule has 0 N–H and O–H groups in total. The lowest BCUT2D eigenvalue weighted by Gasteiger charge is -1.97. The fourth-order valence-electron chi connectivity index (χ4n) is 1.79. The molecule has 0 aliphatic heterocycles. The van der Waals surface area contributed by atoms with Crippen molar-refractivity contribution in [1.82, 2.24) is 4.98 Å². The maximum Gasteiger partial charge on any atom is 0.264 e. The molecule has 3 rings (SSSR count). The summed E-state index contributed by atoms with van der Waals surface area (Å²) in [5, 5.41) is 0.430. The number of aromatic nitrogens is 1. The van der Waals surface area contributed by atoms with Crippen molar-refractivity contribution in [2.45, 2.75) is 11.6 Å². The molecule has 0 amide bonds. The van der Waals surface area contributed by atoms with Gasteiger partial charge in [-0.3, -0.25) is 4.79 Å². The third kappa shape index (κ3) is 2.85. The van der Waals surface area contributed by atoms with Gasteiger partial charge in [0, 0.05) is 18.2 Å². The van der Waals surface area contributed by atoms with Crippen LogP contribution in [0.15, 0.2) is 64.2 Å². The van der Waals surface area contributed by atoms with Crippen molar-refractivity contribution in [2.75, 3.05) is 0 Å². The smallest absolute Gasteiger partial charge is 0.264 e. The minimum absolute atomic E-state index is 0.0257. The van der Waals surface area contributed by atoms with Crippen LogP contribution in [0.2, 0.25) is 0 Å². The molecule has 1 aromatic heterocycles. The standard InChI is InChI=1S/C15H11NO2S/c17-14(10-11-6-2-1-3-7-11)19-15-16-12-8-4-5-9-13(12)18-15/h1-9H,10H2. The Labute approximate surface area is 114 Å². The van der Waals surface area contributed by atoms with Crippen molar-refractivity contribution in [3.63, 3.8) is 0 Å². The normalized spacial score (nSPS) is 10.7. The Balaban J connectivity index is 1.72. The molecule has 0 fully saturated rings. The molecule has 3 aromatic rings. The van der Waals surface area contributed by atoms with Gasteiger partial charge in [-0.25, -0.2) is 4.98 Å². The van der Waals surface area contributed by atoms with Gasteiger partial charge in [0.25, 0.3) is 5.22 Å². The lowest BCUT2D eigenvalue weighted by atomic mass is 10.2. The first-order chi connectivity index (χ1) is 9.31. The number of thioether (sulfide) groups is 1. The first-order valence-corrected chi connectivity index (χ1v) is 6.73. The Kier molecular flexibility index (Phi) is 3.33. The van der Waals surface area contributed by atoms with Crippen LogP contribution in [0.3, 0.4) is 0 Å². The zero-order chi connectivity index (χ0) is 13.1. The quantitative estimate of drug-likeness (QED) is 0.680. The number of nitrogens with zero attached hydrogens (tertiary/aromatic N) is 1. The van der Waals surface area contributed by atoms with Crippen molar-refractivity contribution in [2.24, 2.45) is 0 Å². The lowest BCUT2D eigenvalue weighted by Crippen LogP contribution is -1.96. The highest BCUT2D eigenvalue weighted by Crippen LogP contribution is 2.24. The van der Waals surface area contributed by atoms with Crippen molar-refractivity contribution in [3.05, 3.63) is 60.2 Å². The van der Waals surface area contributed by atoms with E-state index in [4.69, 9.17) is 4.42 Å². The summed E-state index contributed by atoms with van der Waals surface area (Å²) in [6.45, 7) is 0. The number of carbonyl (C=O) groups excluding carboxylic acids is 1. The Bertz CT molecular complexity index is 673. The number of rotatable bonds is 3. The highest BCUT2D eigenvalue weighted by molar-refractivity contribution is 8.13. The molecule has 2 aromatic carbocycles. The van der Waals surface area contributed by atoms with Gasteiger partial charge in [0.15, 0.2) is 5.58 Å². The molecule has 1 heterocycles. The van der Waals surface area contributed by atoms with Crippen molar-refractivity contribution in [1.29, 1.82) is 0 Å². The molecule has 94 valence electrons. The SMILES string of the molecule is O=C(Cc1ccccc1)Sc1nc2ccccc2o1. The van der Waals surface area contributed by atoms with Crippen LogP contribution in [0, 0.1) is 0 Å². The fourth-order valence-corrected chi connectivity index (χ4v) is 2.50. The van der Waals surface area contributed by atoms with E-state index in [-0.39, 0.29) is 5.12 Å². The Morgan fingerprint density at radius 2 is 1.79 bits per heavy atom. The highest BCUT2D eigenvalue weighted by Gasteiger charge is 2.11. The van der Waals surface area contributed by atoms with E-state index in [0.717, 1.165) is 22.8 Å². The lowest BCUT2D eigenvalue weighted by molar-refractivity contribution is -0.110. The molecule has 3 nitrogen and oxygen atoms in total. The van der Waals surface area contributed by atoms with Gasteiger partial charge in [0.1, 0.15) is 5.52 Å². The molecule has 0 saturated heterocycles. The number of benzene rings is 2. The third-order valence-electron chi connectivity index (χ3n) is 2.67. The van der Waals surface area contributed by atoms with Gasteiger partial charge in [0.2, 0.25) is 5.12 Å². The fraction of sp³-hybridized carbons (Fsp3) is 0.0667. The van der Waals surface area contributed by atoms with Gasteiger partial charge in [-0.05, 0) is 17.7 Å². The predicted molar refractivity (Wildman–Crippen MR) is 75.0 cm³/mol. The Morgan fingerprint density at radius 3 is 2.58 bits per heavy atom. The zero-order valence-corrected chi connectivity index (χ0v) is 10.9. The van der Waals surface area contributed by atoms with E-state index in [1.807, 2.05) is 54.6 Å². The van der Waals surface area contributed by atoms with E-state index < -0.39 is 0 Å².